The van der Waals surface area contributed by atoms with Gasteiger partial charge >= 0.3 is 5.97 Å². The maximum absolute atomic E-state index is 12.3. The third kappa shape index (κ3) is 3.52. The predicted octanol–water partition coefficient (Wildman–Crippen LogP) is 2.84. The number of carbonyl (C=O) groups excluding carboxylic acids is 2. The fourth-order valence-corrected chi connectivity index (χ4v) is 3.56. The van der Waals surface area contributed by atoms with Gasteiger partial charge in [0.1, 0.15) is 5.01 Å². The van der Waals surface area contributed by atoms with E-state index in [4.69, 9.17) is 4.74 Å². The normalized spacial score (nSPS) is 21.0. The van der Waals surface area contributed by atoms with Gasteiger partial charge in [-0.3, -0.25) is 9.59 Å². The lowest BCUT2D eigenvalue weighted by Crippen LogP contribution is -2.37. The molecular weight excluding hydrogens is 312 g/mol. The second kappa shape index (κ2) is 6.28. The monoisotopic (exact) mass is 332 g/mol. The van der Waals surface area contributed by atoms with Gasteiger partial charge in [-0.05, 0) is 31.4 Å². The van der Waals surface area contributed by atoms with E-state index in [1.54, 1.807) is 30.2 Å². The molecule has 1 aliphatic carbocycles. The highest BCUT2D eigenvalue weighted by molar-refractivity contribution is 7.18. The number of carbonyl (C=O) groups is 2. The smallest absolute Gasteiger partial charge is 0.309 e. The Balaban J connectivity index is 1.59. The van der Waals surface area contributed by atoms with Crippen molar-refractivity contribution in [1.29, 1.82) is 0 Å². The van der Waals surface area contributed by atoms with Gasteiger partial charge in [0.25, 0.3) is 5.91 Å². The molecule has 0 N–H and O–H groups in total. The van der Waals surface area contributed by atoms with E-state index < -0.39 is 6.10 Å². The van der Waals surface area contributed by atoms with Crippen LogP contribution in [-0.2, 0) is 20.9 Å². The van der Waals surface area contributed by atoms with Crippen molar-refractivity contribution < 1.29 is 14.3 Å². The Morgan fingerprint density at radius 1 is 1.43 bits per heavy atom. The molecule has 5 nitrogen and oxygen atoms in total. The van der Waals surface area contributed by atoms with Crippen molar-refractivity contribution in [3.63, 3.8) is 0 Å². The Bertz CT molecular complexity index is 709. The summed E-state index contributed by atoms with van der Waals surface area (Å²) in [7, 11) is 1.71. The van der Waals surface area contributed by atoms with Crippen molar-refractivity contribution >= 4 is 33.4 Å². The Morgan fingerprint density at radius 3 is 2.78 bits per heavy atom. The number of likely N-dealkylation sites (N-methyl/N-ethyl adjacent to an activating group) is 1. The third-order valence-corrected chi connectivity index (χ3v) is 5.16. The fourth-order valence-electron chi connectivity index (χ4n) is 2.54. The van der Waals surface area contributed by atoms with Crippen LogP contribution in [0, 0.1) is 11.8 Å². The number of para-hydroxylation sites is 1. The summed E-state index contributed by atoms with van der Waals surface area (Å²) in [5.74, 6) is -0.109. The lowest BCUT2D eigenvalue weighted by molar-refractivity contribution is -0.160. The van der Waals surface area contributed by atoms with E-state index in [9.17, 15) is 9.59 Å². The summed E-state index contributed by atoms with van der Waals surface area (Å²) in [6.07, 6.45) is 0.107. The van der Waals surface area contributed by atoms with Crippen LogP contribution >= 0.6 is 11.3 Å². The zero-order valence-electron chi connectivity index (χ0n) is 13.5. The number of hydrogen-bond acceptors (Lipinski definition) is 5. The van der Waals surface area contributed by atoms with E-state index in [1.807, 2.05) is 31.2 Å². The zero-order valence-corrected chi connectivity index (χ0v) is 14.3. The van der Waals surface area contributed by atoms with Crippen LogP contribution in [0.15, 0.2) is 24.3 Å². The van der Waals surface area contributed by atoms with E-state index in [1.165, 1.54) is 0 Å². The third-order valence-electron chi connectivity index (χ3n) is 4.14. The summed E-state index contributed by atoms with van der Waals surface area (Å²) in [4.78, 5) is 30.3. The molecule has 1 saturated carbocycles. The van der Waals surface area contributed by atoms with E-state index in [0.717, 1.165) is 21.6 Å². The first-order valence-electron chi connectivity index (χ1n) is 7.75. The van der Waals surface area contributed by atoms with Crippen LogP contribution in [0.1, 0.15) is 25.3 Å². The summed E-state index contributed by atoms with van der Waals surface area (Å²) in [6, 6.07) is 7.89. The topological polar surface area (TPSA) is 59.5 Å². The van der Waals surface area contributed by atoms with Crippen molar-refractivity contribution in [2.75, 3.05) is 7.05 Å². The average Bonchev–Trinajstić information content (AvgIpc) is 3.11. The molecule has 3 rings (SSSR count). The van der Waals surface area contributed by atoms with Gasteiger partial charge in [-0.1, -0.05) is 19.1 Å². The molecule has 1 aromatic heterocycles. The maximum Gasteiger partial charge on any atom is 0.309 e. The number of rotatable bonds is 5. The van der Waals surface area contributed by atoms with Crippen molar-refractivity contribution in [3.8, 4) is 0 Å². The molecule has 0 unspecified atom stereocenters. The van der Waals surface area contributed by atoms with E-state index in [-0.39, 0.29) is 17.8 Å². The number of esters is 1. The molecule has 122 valence electrons. The number of benzene rings is 1. The highest BCUT2D eigenvalue weighted by Gasteiger charge is 2.41. The van der Waals surface area contributed by atoms with Crippen molar-refractivity contribution in [2.24, 2.45) is 11.8 Å². The molecule has 6 heteroatoms. The SMILES string of the molecule is C[C@H](OC(=O)[C@@H]1C[C@H]1C)C(=O)N(C)Cc1nc2ccccc2s1. The molecule has 1 amide bonds. The van der Waals surface area contributed by atoms with Gasteiger partial charge in [0, 0.05) is 7.05 Å². The number of hydrogen-bond donors (Lipinski definition) is 0. The molecule has 2 aromatic rings. The van der Waals surface area contributed by atoms with Gasteiger partial charge < -0.3 is 9.64 Å². The molecule has 0 bridgehead atoms. The average molecular weight is 332 g/mol. The number of amides is 1. The summed E-state index contributed by atoms with van der Waals surface area (Å²) in [5.41, 5.74) is 0.940. The quantitative estimate of drug-likeness (QED) is 0.790. The molecular formula is C17H20N2O3S. The van der Waals surface area contributed by atoms with E-state index in [2.05, 4.69) is 4.98 Å². The summed E-state index contributed by atoms with van der Waals surface area (Å²) in [6.45, 7) is 4.06. The minimum absolute atomic E-state index is 0.0279. The minimum Gasteiger partial charge on any atom is -0.452 e. The summed E-state index contributed by atoms with van der Waals surface area (Å²) in [5, 5.41) is 0.872. The lowest BCUT2D eigenvalue weighted by Gasteiger charge is -2.20. The Labute approximate surface area is 139 Å². The first-order chi connectivity index (χ1) is 11.0. The first kappa shape index (κ1) is 15.9. The van der Waals surface area contributed by atoms with Crippen LogP contribution < -0.4 is 0 Å². The highest BCUT2D eigenvalue weighted by atomic mass is 32.1. The summed E-state index contributed by atoms with van der Waals surface area (Å²) < 4.78 is 6.38. The van der Waals surface area contributed by atoms with Crippen LogP contribution in [0.2, 0.25) is 0 Å². The van der Waals surface area contributed by atoms with Gasteiger partial charge in [0.15, 0.2) is 6.10 Å². The Kier molecular flexibility index (Phi) is 4.35. The molecule has 1 aliphatic rings. The van der Waals surface area contributed by atoms with Crippen LogP contribution in [0.3, 0.4) is 0 Å². The van der Waals surface area contributed by atoms with Crippen molar-refractivity contribution in [3.05, 3.63) is 29.3 Å². The van der Waals surface area contributed by atoms with Crippen LogP contribution in [-0.4, -0.2) is 34.9 Å². The number of ether oxygens (including phenoxy) is 1. The lowest BCUT2D eigenvalue weighted by atomic mass is 10.3. The van der Waals surface area contributed by atoms with Gasteiger partial charge in [-0.2, -0.15) is 0 Å². The standard InChI is InChI=1S/C17H20N2O3S/c1-10-8-12(10)17(21)22-11(2)16(20)19(3)9-15-18-13-6-4-5-7-14(13)23-15/h4-7,10-12H,8-9H2,1-3H3/t10-,11+,12-/m1/s1. The Hall–Kier alpha value is -1.95. The van der Waals surface area contributed by atoms with E-state index >= 15 is 0 Å². The van der Waals surface area contributed by atoms with Crippen molar-refractivity contribution in [2.45, 2.75) is 32.9 Å². The van der Waals surface area contributed by atoms with Crippen LogP contribution in [0.5, 0.6) is 0 Å². The predicted molar refractivity (Wildman–Crippen MR) is 88.9 cm³/mol. The molecule has 1 heterocycles. The second-order valence-electron chi connectivity index (χ2n) is 6.17. The maximum atomic E-state index is 12.3. The molecule has 0 radical (unpaired) electrons. The van der Waals surface area contributed by atoms with Gasteiger partial charge in [-0.25, -0.2) is 4.98 Å². The summed E-state index contributed by atoms with van der Waals surface area (Å²) >= 11 is 1.57. The molecule has 0 saturated heterocycles. The molecule has 1 aromatic carbocycles. The molecule has 1 fully saturated rings. The minimum atomic E-state index is -0.755. The Morgan fingerprint density at radius 2 is 2.13 bits per heavy atom. The zero-order chi connectivity index (χ0) is 16.6. The second-order valence-corrected chi connectivity index (χ2v) is 7.28. The first-order valence-corrected chi connectivity index (χ1v) is 8.57. The molecule has 23 heavy (non-hydrogen) atoms. The highest BCUT2D eigenvalue weighted by Crippen LogP contribution is 2.38. The fraction of sp³-hybridized carbons (Fsp3) is 0.471. The number of fused-ring (bicyclic) bond motifs is 1. The molecule has 3 atom stereocenters. The van der Waals surface area contributed by atoms with Gasteiger partial charge in [0.05, 0.1) is 22.7 Å². The van der Waals surface area contributed by atoms with Crippen LogP contribution in [0.25, 0.3) is 10.2 Å². The largest absolute Gasteiger partial charge is 0.452 e. The number of nitrogens with zero attached hydrogens (tertiary/aromatic N) is 2. The van der Waals surface area contributed by atoms with E-state index in [0.29, 0.717) is 12.5 Å². The molecule has 0 spiro atoms. The number of thiazole rings is 1. The van der Waals surface area contributed by atoms with Crippen LogP contribution in [0.4, 0.5) is 0 Å². The van der Waals surface area contributed by atoms with Gasteiger partial charge in [-0.15, -0.1) is 11.3 Å². The molecule has 0 aliphatic heterocycles. The van der Waals surface area contributed by atoms with Crippen molar-refractivity contribution in [1.82, 2.24) is 9.88 Å². The van der Waals surface area contributed by atoms with Gasteiger partial charge in [0.2, 0.25) is 0 Å². The number of aromatic nitrogens is 1.